The summed E-state index contributed by atoms with van der Waals surface area (Å²) < 4.78 is 0. The Morgan fingerprint density at radius 3 is 2.20 bits per heavy atom. The molecule has 1 saturated heterocycles. The molecule has 0 aromatic carbocycles. The van der Waals surface area contributed by atoms with Crippen LogP contribution in [0.3, 0.4) is 0 Å². The van der Waals surface area contributed by atoms with Crippen LogP contribution in [0, 0.1) is 11.3 Å². The van der Waals surface area contributed by atoms with Gasteiger partial charge in [-0.05, 0) is 18.8 Å². The molecule has 15 heavy (non-hydrogen) atoms. The highest BCUT2D eigenvalue weighted by molar-refractivity contribution is 6.08. The summed E-state index contributed by atoms with van der Waals surface area (Å²) in [5, 5.41) is 2.98. The molecule has 1 fully saturated rings. The molecule has 3 nitrogen and oxygen atoms in total. The van der Waals surface area contributed by atoms with Crippen molar-refractivity contribution in [2.75, 3.05) is 0 Å². The van der Waals surface area contributed by atoms with Gasteiger partial charge in [-0.15, -0.1) is 0 Å². The van der Waals surface area contributed by atoms with Crippen molar-refractivity contribution in [3.05, 3.63) is 0 Å². The van der Waals surface area contributed by atoms with Gasteiger partial charge in [0.15, 0.2) is 0 Å². The fourth-order valence-corrected chi connectivity index (χ4v) is 2.25. The Hall–Kier alpha value is -0.860. The summed E-state index contributed by atoms with van der Waals surface area (Å²) in [7, 11) is 0. The highest BCUT2D eigenvalue weighted by atomic mass is 16.2. The molecule has 1 atom stereocenters. The molecule has 1 aliphatic rings. The Labute approximate surface area is 91.6 Å². The number of amides is 1. The maximum Gasteiger partial charge on any atom is 0.233 e. The van der Waals surface area contributed by atoms with Gasteiger partial charge < -0.3 is 5.32 Å². The van der Waals surface area contributed by atoms with Gasteiger partial charge in [0, 0.05) is 12.5 Å². The molecule has 0 saturated carbocycles. The van der Waals surface area contributed by atoms with E-state index in [1.54, 1.807) is 0 Å². The third-order valence-corrected chi connectivity index (χ3v) is 3.70. The van der Waals surface area contributed by atoms with Crippen molar-refractivity contribution in [3.63, 3.8) is 0 Å². The minimum Gasteiger partial charge on any atom is -0.352 e. The van der Waals surface area contributed by atoms with E-state index >= 15 is 0 Å². The molecule has 0 spiro atoms. The Morgan fingerprint density at radius 1 is 1.33 bits per heavy atom. The largest absolute Gasteiger partial charge is 0.352 e. The van der Waals surface area contributed by atoms with Crippen LogP contribution in [0.25, 0.3) is 0 Å². The van der Waals surface area contributed by atoms with Gasteiger partial charge in [-0.25, -0.2) is 0 Å². The van der Waals surface area contributed by atoms with Crippen LogP contribution in [0.15, 0.2) is 0 Å². The quantitative estimate of drug-likeness (QED) is 0.725. The molecule has 0 aromatic heterocycles. The van der Waals surface area contributed by atoms with E-state index in [2.05, 4.69) is 5.32 Å². The Bertz CT molecular complexity index is 247. The van der Waals surface area contributed by atoms with E-state index < -0.39 is 5.41 Å². The second-order valence-corrected chi connectivity index (χ2v) is 4.74. The molecule has 1 heterocycles. The van der Waals surface area contributed by atoms with Crippen molar-refractivity contribution in [1.29, 1.82) is 0 Å². The Morgan fingerprint density at radius 2 is 1.87 bits per heavy atom. The van der Waals surface area contributed by atoms with Gasteiger partial charge in [0.2, 0.25) is 5.91 Å². The molecule has 0 radical (unpaired) electrons. The summed E-state index contributed by atoms with van der Waals surface area (Å²) in [5.41, 5.74) is -0.745. The van der Waals surface area contributed by atoms with E-state index in [0.29, 0.717) is 25.2 Å². The van der Waals surface area contributed by atoms with Crippen LogP contribution in [0.4, 0.5) is 0 Å². The second-order valence-electron chi connectivity index (χ2n) is 4.74. The third-order valence-electron chi connectivity index (χ3n) is 3.70. The summed E-state index contributed by atoms with van der Waals surface area (Å²) in [6, 6.07) is 0.0243. The lowest BCUT2D eigenvalue weighted by Crippen LogP contribution is -2.57. The molecular weight excluding hydrogens is 190 g/mol. The van der Waals surface area contributed by atoms with Crippen molar-refractivity contribution in [2.24, 2.45) is 11.3 Å². The minimum absolute atomic E-state index is 0.0243. The molecule has 0 bridgehead atoms. The Kier molecular flexibility index (Phi) is 3.53. The molecule has 1 amide bonds. The summed E-state index contributed by atoms with van der Waals surface area (Å²) in [6.07, 6.45) is 1.71. The first-order valence-electron chi connectivity index (χ1n) is 5.82. The lowest BCUT2D eigenvalue weighted by atomic mass is 9.71. The van der Waals surface area contributed by atoms with Crippen molar-refractivity contribution in [1.82, 2.24) is 5.32 Å². The van der Waals surface area contributed by atoms with Crippen molar-refractivity contribution >= 4 is 11.7 Å². The number of carbonyl (C=O) groups is 2. The monoisotopic (exact) mass is 211 g/mol. The maximum atomic E-state index is 12.0. The molecule has 1 aliphatic heterocycles. The zero-order valence-electron chi connectivity index (χ0n) is 10.1. The van der Waals surface area contributed by atoms with Crippen LogP contribution in [0.1, 0.15) is 47.0 Å². The van der Waals surface area contributed by atoms with Crippen LogP contribution < -0.4 is 5.32 Å². The van der Waals surface area contributed by atoms with Crippen LogP contribution in [0.2, 0.25) is 0 Å². The standard InChI is InChI=1S/C12H21NO2/c1-5-12(6-2)10(14)7-9(8(3)4)13-11(12)15/h8-9H,5-7H2,1-4H3,(H,13,15). The van der Waals surface area contributed by atoms with E-state index in [4.69, 9.17) is 0 Å². The van der Waals surface area contributed by atoms with Gasteiger partial charge in [0.05, 0.1) is 0 Å². The molecule has 1 unspecified atom stereocenters. The highest BCUT2D eigenvalue weighted by Crippen LogP contribution is 2.34. The molecule has 3 heteroatoms. The lowest BCUT2D eigenvalue weighted by Gasteiger charge is -2.38. The molecule has 86 valence electrons. The summed E-state index contributed by atoms with van der Waals surface area (Å²) in [6.45, 7) is 7.89. The summed E-state index contributed by atoms with van der Waals surface area (Å²) >= 11 is 0. The fourth-order valence-electron chi connectivity index (χ4n) is 2.25. The van der Waals surface area contributed by atoms with Gasteiger partial charge in [0.1, 0.15) is 11.2 Å². The molecule has 1 N–H and O–H groups in total. The molecule has 0 aliphatic carbocycles. The van der Waals surface area contributed by atoms with Gasteiger partial charge in [-0.1, -0.05) is 27.7 Å². The van der Waals surface area contributed by atoms with Crippen molar-refractivity contribution in [2.45, 2.75) is 53.0 Å². The molecule has 0 aromatic rings. The zero-order valence-corrected chi connectivity index (χ0v) is 10.1. The van der Waals surface area contributed by atoms with E-state index in [0.717, 1.165) is 0 Å². The Balaban J connectivity index is 2.90. The number of nitrogens with one attached hydrogen (secondary N) is 1. The highest BCUT2D eigenvalue weighted by Gasteiger charge is 2.47. The smallest absolute Gasteiger partial charge is 0.233 e. The predicted molar refractivity (Wildman–Crippen MR) is 59.4 cm³/mol. The fraction of sp³-hybridized carbons (Fsp3) is 0.833. The average molecular weight is 211 g/mol. The van der Waals surface area contributed by atoms with Gasteiger partial charge >= 0.3 is 0 Å². The number of Topliss-reactive ketones (excluding diaryl/α,β-unsaturated/α-hetero) is 1. The topological polar surface area (TPSA) is 46.2 Å². The average Bonchev–Trinajstić information content (AvgIpc) is 2.18. The normalized spacial score (nSPS) is 25.5. The number of hydrogen-bond donors (Lipinski definition) is 1. The minimum atomic E-state index is -0.745. The zero-order chi connectivity index (χ0) is 11.6. The van der Waals surface area contributed by atoms with Gasteiger partial charge in [0.25, 0.3) is 0 Å². The summed E-state index contributed by atoms with van der Waals surface area (Å²) in [4.78, 5) is 24.0. The number of hydrogen-bond acceptors (Lipinski definition) is 2. The predicted octanol–water partition coefficient (Wildman–Crippen LogP) is 1.91. The van der Waals surface area contributed by atoms with Crippen LogP contribution in [-0.2, 0) is 9.59 Å². The van der Waals surface area contributed by atoms with Gasteiger partial charge in [-0.2, -0.15) is 0 Å². The lowest BCUT2D eigenvalue weighted by molar-refractivity contribution is -0.148. The number of carbonyl (C=O) groups excluding carboxylic acids is 2. The van der Waals surface area contributed by atoms with E-state index in [1.807, 2.05) is 27.7 Å². The molecule has 1 rings (SSSR count). The number of piperidine rings is 1. The first-order valence-corrected chi connectivity index (χ1v) is 5.82. The SMILES string of the molecule is CCC1(CC)C(=O)CC(C(C)C)NC1=O. The van der Waals surface area contributed by atoms with Gasteiger partial charge in [-0.3, -0.25) is 9.59 Å². The van der Waals surface area contributed by atoms with Crippen LogP contribution in [-0.4, -0.2) is 17.7 Å². The van der Waals surface area contributed by atoms with E-state index in [-0.39, 0.29) is 17.7 Å². The van der Waals surface area contributed by atoms with Crippen molar-refractivity contribution in [3.8, 4) is 0 Å². The second kappa shape index (κ2) is 4.33. The first kappa shape index (κ1) is 12.2. The van der Waals surface area contributed by atoms with Crippen molar-refractivity contribution < 1.29 is 9.59 Å². The number of rotatable bonds is 3. The third kappa shape index (κ3) is 1.92. The van der Waals surface area contributed by atoms with Crippen LogP contribution >= 0.6 is 0 Å². The van der Waals surface area contributed by atoms with E-state index in [1.165, 1.54) is 0 Å². The summed E-state index contributed by atoms with van der Waals surface area (Å²) in [5.74, 6) is 0.377. The van der Waals surface area contributed by atoms with E-state index in [9.17, 15) is 9.59 Å². The van der Waals surface area contributed by atoms with Crippen LogP contribution in [0.5, 0.6) is 0 Å². The maximum absolute atomic E-state index is 12.0. The number of ketones is 1. The molecular formula is C12H21NO2. The first-order chi connectivity index (χ1) is 6.97.